The molecule has 2 aromatic rings. The van der Waals surface area contributed by atoms with E-state index in [1.165, 1.54) is 16.7 Å². The quantitative estimate of drug-likeness (QED) is 0.687. The first kappa shape index (κ1) is 20.8. The molecule has 1 aliphatic heterocycles. The van der Waals surface area contributed by atoms with Crippen LogP contribution in [-0.4, -0.2) is 54.3 Å². The SMILES string of the molecule is Cc1ccccc1CN(CCCN1CCOCC1)C(=S)NCc1ccccc1. The van der Waals surface area contributed by atoms with Gasteiger partial charge in [0.25, 0.3) is 0 Å². The van der Waals surface area contributed by atoms with Crippen LogP contribution in [0.2, 0.25) is 0 Å². The van der Waals surface area contributed by atoms with Gasteiger partial charge < -0.3 is 15.0 Å². The van der Waals surface area contributed by atoms with Gasteiger partial charge in [-0.2, -0.15) is 0 Å². The van der Waals surface area contributed by atoms with Crippen molar-refractivity contribution in [2.24, 2.45) is 0 Å². The molecule has 0 spiro atoms. The van der Waals surface area contributed by atoms with Gasteiger partial charge in [0.05, 0.1) is 13.2 Å². The molecule has 150 valence electrons. The zero-order chi connectivity index (χ0) is 19.6. The Morgan fingerprint density at radius 3 is 2.54 bits per heavy atom. The monoisotopic (exact) mass is 397 g/mol. The van der Waals surface area contributed by atoms with Crippen molar-refractivity contribution in [2.75, 3.05) is 39.4 Å². The topological polar surface area (TPSA) is 27.7 Å². The van der Waals surface area contributed by atoms with Crippen LogP contribution >= 0.6 is 12.2 Å². The second-order valence-corrected chi connectivity index (χ2v) is 7.69. The third-order valence-corrected chi connectivity index (χ3v) is 5.60. The van der Waals surface area contributed by atoms with Gasteiger partial charge in [-0.05, 0) is 42.3 Å². The third-order valence-electron chi connectivity index (χ3n) is 5.20. The van der Waals surface area contributed by atoms with Gasteiger partial charge in [-0.25, -0.2) is 0 Å². The molecule has 0 saturated carbocycles. The molecule has 0 aliphatic carbocycles. The predicted molar refractivity (Wildman–Crippen MR) is 119 cm³/mol. The second kappa shape index (κ2) is 11.1. The fourth-order valence-electron chi connectivity index (χ4n) is 3.44. The summed E-state index contributed by atoms with van der Waals surface area (Å²) in [6.07, 6.45) is 1.10. The molecule has 0 amide bonds. The molecule has 1 heterocycles. The number of nitrogens with zero attached hydrogens (tertiary/aromatic N) is 2. The summed E-state index contributed by atoms with van der Waals surface area (Å²) in [5, 5.41) is 4.28. The minimum atomic E-state index is 0.757. The standard InChI is InChI=1S/C23H31N3OS/c1-20-8-5-6-11-22(20)19-26(13-7-12-25-14-16-27-17-15-25)23(28)24-18-21-9-3-2-4-10-21/h2-6,8-11H,7,12-19H2,1H3,(H,24,28). The minimum Gasteiger partial charge on any atom is -0.379 e. The number of morpholine rings is 1. The highest BCUT2D eigenvalue weighted by Gasteiger charge is 2.14. The molecule has 28 heavy (non-hydrogen) atoms. The first-order chi connectivity index (χ1) is 13.7. The van der Waals surface area contributed by atoms with Crippen LogP contribution < -0.4 is 5.32 Å². The molecule has 0 aromatic heterocycles. The van der Waals surface area contributed by atoms with Crippen LogP contribution in [-0.2, 0) is 17.8 Å². The summed E-state index contributed by atoms with van der Waals surface area (Å²) in [6, 6.07) is 19.0. The average molecular weight is 398 g/mol. The fourth-order valence-corrected chi connectivity index (χ4v) is 3.67. The Morgan fingerprint density at radius 1 is 1.07 bits per heavy atom. The van der Waals surface area contributed by atoms with Crippen LogP contribution in [0.3, 0.4) is 0 Å². The van der Waals surface area contributed by atoms with Crippen LogP contribution in [0, 0.1) is 6.92 Å². The van der Waals surface area contributed by atoms with Crippen LogP contribution in [0.1, 0.15) is 23.1 Å². The number of hydrogen-bond acceptors (Lipinski definition) is 3. The van der Waals surface area contributed by atoms with E-state index in [1.54, 1.807) is 0 Å². The van der Waals surface area contributed by atoms with E-state index in [0.717, 1.165) is 64.0 Å². The molecular weight excluding hydrogens is 366 g/mol. The van der Waals surface area contributed by atoms with E-state index < -0.39 is 0 Å². The lowest BCUT2D eigenvalue weighted by Crippen LogP contribution is -2.42. The Hall–Kier alpha value is -1.95. The van der Waals surface area contributed by atoms with Crippen molar-refractivity contribution in [1.82, 2.24) is 15.1 Å². The zero-order valence-corrected chi connectivity index (χ0v) is 17.6. The summed E-state index contributed by atoms with van der Waals surface area (Å²) in [4.78, 5) is 4.79. The molecule has 0 bridgehead atoms. The van der Waals surface area contributed by atoms with Crippen molar-refractivity contribution in [3.05, 3.63) is 71.3 Å². The number of nitrogens with one attached hydrogen (secondary N) is 1. The van der Waals surface area contributed by atoms with Crippen molar-refractivity contribution in [3.8, 4) is 0 Å². The lowest BCUT2D eigenvalue weighted by atomic mass is 10.1. The van der Waals surface area contributed by atoms with Gasteiger partial charge in [0.15, 0.2) is 5.11 Å². The Morgan fingerprint density at radius 2 is 1.79 bits per heavy atom. The van der Waals surface area contributed by atoms with Crippen molar-refractivity contribution < 1.29 is 4.74 Å². The number of hydrogen-bond donors (Lipinski definition) is 1. The molecular formula is C23H31N3OS. The molecule has 3 rings (SSSR count). The zero-order valence-electron chi connectivity index (χ0n) is 16.8. The number of ether oxygens (including phenoxy) is 1. The van der Waals surface area contributed by atoms with E-state index in [-0.39, 0.29) is 0 Å². The number of aryl methyl sites for hydroxylation is 1. The number of benzene rings is 2. The highest BCUT2D eigenvalue weighted by molar-refractivity contribution is 7.80. The van der Waals surface area contributed by atoms with E-state index in [1.807, 2.05) is 6.07 Å². The van der Waals surface area contributed by atoms with Crippen LogP contribution in [0.15, 0.2) is 54.6 Å². The molecule has 4 nitrogen and oxygen atoms in total. The predicted octanol–water partition coefficient (Wildman–Crippen LogP) is 3.59. The summed E-state index contributed by atoms with van der Waals surface area (Å²) in [5.41, 5.74) is 3.89. The van der Waals surface area contributed by atoms with Gasteiger partial charge in [-0.3, -0.25) is 4.90 Å². The lowest BCUT2D eigenvalue weighted by Gasteiger charge is -2.30. The maximum Gasteiger partial charge on any atom is 0.169 e. The number of rotatable bonds is 8. The third kappa shape index (κ3) is 6.59. The van der Waals surface area contributed by atoms with Gasteiger partial charge in [0.1, 0.15) is 0 Å². The lowest BCUT2D eigenvalue weighted by molar-refractivity contribution is 0.0367. The molecule has 0 unspecified atom stereocenters. The van der Waals surface area contributed by atoms with Gasteiger partial charge in [-0.15, -0.1) is 0 Å². The average Bonchev–Trinajstić information content (AvgIpc) is 2.74. The molecule has 1 aliphatic rings. The van der Waals surface area contributed by atoms with E-state index in [2.05, 4.69) is 70.6 Å². The Bertz CT molecular complexity index is 732. The van der Waals surface area contributed by atoms with Crippen LogP contribution in [0.5, 0.6) is 0 Å². The molecule has 1 N–H and O–H groups in total. The Balaban J connectivity index is 1.57. The maximum absolute atomic E-state index is 5.77. The van der Waals surface area contributed by atoms with Crippen molar-refractivity contribution in [2.45, 2.75) is 26.4 Å². The summed E-state index contributed by atoms with van der Waals surface area (Å²) >= 11 is 5.77. The van der Waals surface area contributed by atoms with Gasteiger partial charge in [-0.1, -0.05) is 54.6 Å². The fraction of sp³-hybridized carbons (Fsp3) is 0.435. The highest BCUT2D eigenvalue weighted by Crippen LogP contribution is 2.12. The molecule has 0 radical (unpaired) electrons. The highest BCUT2D eigenvalue weighted by atomic mass is 32.1. The van der Waals surface area contributed by atoms with Crippen molar-refractivity contribution >= 4 is 17.3 Å². The molecule has 0 atom stereocenters. The Kier molecular flexibility index (Phi) is 8.27. The van der Waals surface area contributed by atoms with Gasteiger partial charge >= 0.3 is 0 Å². The summed E-state index contributed by atoms with van der Waals surface area (Å²) in [5.74, 6) is 0. The largest absolute Gasteiger partial charge is 0.379 e. The van der Waals surface area contributed by atoms with Crippen LogP contribution in [0.25, 0.3) is 0 Å². The molecule has 2 aromatic carbocycles. The minimum absolute atomic E-state index is 0.757. The van der Waals surface area contributed by atoms with Crippen molar-refractivity contribution in [1.29, 1.82) is 0 Å². The summed E-state index contributed by atoms with van der Waals surface area (Å²) in [7, 11) is 0. The summed E-state index contributed by atoms with van der Waals surface area (Å²) in [6.45, 7) is 9.59. The van der Waals surface area contributed by atoms with Crippen molar-refractivity contribution in [3.63, 3.8) is 0 Å². The molecule has 1 saturated heterocycles. The van der Waals surface area contributed by atoms with E-state index in [0.29, 0.717) is 0 Å². The first-order valence-electron chi connectivity index (χ1n) is 10.1. The normalized spacial score (nSPS) is 14.6. The molecule has 1 fully saturated rings. The van der Waals surface area contributed by atoms with Gasteiger partial charge in [0, 0.05) is 39.3 Å². The van der Waals surface area contributed by atoms with Gasteiger partial charge in [0.2, 0.25) is 0 Å². The molecule has 5 heteroatoms. The second-order valence-electron chi connectivity index (χ2n) is 7.30. The van der Waals surface area contributed by atoms with E-state index in [9.17, 15) is 0 Å². The number of thiocarbonyl (C=S) groups is 1. The Labute approximate surface area is 174 Å². The maximum atomic E-state index is 5.77. The van der Waals surface area contributed by atoms with E-state index >= 15 is 0 Å². The first-order valence-corrected chi connectivity index (χ1v) is 10.5. The van der Waals surface area contributed by atoms with Crippen LogP contribution in [0.4, 0.5) is 0 Å². The van der Waals surface area contributed by atoms with E-state index in [4.69, 9.17) is 17.0 Å². The summed E-state index contributed by atoms with van der Waals surface area (Å²) < 4.78 is 5.45. The smallest absolute Gasteiger partial charge is 0.169 e.